The van der Waals surface area contributed by atoms with Gasteiger partial charge in [0.15, 0.2) is 0 Å². The maximum atomic E-state index is 13.2. The summed E-state index contributed by atoms with van der Waals surface area (Å²) < 4.78 is 19.0. The number of aliphatic carboxylic acids is 1. The summed E-state index contributed by atoms with van der Waals surface area (Å²) in [5.74, 6) is 0.0296. The van der Waals surface area contributed by atoms with Crippen LogP contribution < -0.4 is 10.1 Å². The second-order valence-corrected chi connectivity index (χ2v) is 10.6. The van der Waals surface area contributed by atoms with Crippen molar-refractivity contribution in [3.8, 4) is 5.75 Å². The van der Waals surface area contributed by atoms with Crippen LogP contribution in [0.15, 0.2) is 72.8 Å². The minimum absolute atomic E-state index is 0.0264. The highest BCUT2D eigenvalue weighted by atomic mass is 35.5. The Morgan fingerprint density at radius 1 is 1.03 bits per heavy atom. The van der Waals surface area contributed by atoms with Gasteiger partial charge in [0.1, 0.15) is 17.1 Å². The normalized spacial score (nSPS) is 24.9. The number of hydrogen-bond acceptors (Lipinski definition) is 3. The molecule has 2 aliphatic rings. The Morgan fingerprint density at radius 3 is 2.50 bits per heavy atom. The molecule has 1 atom stereocenters. The van der Waals surface area contributed by atoms with Gasteiger partial charge >= 0.3 is 5.97 Å². The van der Waals surface area contributed by atoms with E-state index in [0.717, 1.165) is 37.8 Å². The molecule has 0 amide bonds. The van der Waals surface area contributed by atoms with Crippen LogP contribution in [0.4, 0.5) is 10.1 Å². The van der Waals surface area contributed by atoms with Gasteiger partial charge in [-0.25, -0.2) is 9.18 Å². The van der Waals surface area contributed by atoms with E-state index in [0.29, 0.717) is 36.1 Å². The van der Waals surface area contributed by atoms with Gasteiger partial charge in [-0.2, -0.15) is 0 Å². The van der Waals surface area contributed by atoms with Gasteiger partial charge in [-0.05, 0) is 110 Å². The van der Waals surface area contributed by atoms with E-state index < -0.39 is 11.5 Å². The van der Waals surface area contributed by atoms with Crippen LogP contribution in [-0.4, -0.2) is 23.2 Å². The number of carbonyl (C=O) groups is 1. The molecule has 188 valence electrons. The van der Waals surface area contributed by atoms with Crippen LogP contribution >= 0.6 is 11.6 Å². The van der Waals surface area contributed by atoms with E-state index in [4.69, 9.17) is 16.3 Å². The third-order valence-corrected chi connectivity index (χ3v) is 8.43. The topological polar surface area (TPSA) is 58.6 Å². The van der Waals surface area contributed by atoms with Gasteiger partial charge in [-0.1, -0.05) is 41.9 Å². The molecular formula is C30H31ClFNO3. The number of hydrogen-bond donors (Lipinski definition) is 2. The number of fused-ring (bicyclic) bond motifs is 2. The van der Waals surface area contributed by atoms with Gasteiger partial charge in [-0.15, -0.1) is 0 Å². The van der Waals surface area contributed by atoms with E-state index in [-0.39, 0.29) is 11.2 Å². The summed E-state index contributed by atoms with van der Waals surface area (Å²) in [6, 6.07) is 22.1. The van der Waals surface area contributed by atoms with Crippen molar-refractivity contribution in [2.24, 2.45) is 5.92 Å². The molecule has 0 saturated heterocycles. The molecule has 0 radical (unpaired) electrons. The average molecular weight is 508 g/mol. The van der Waals surface area contributed by atoms with Crippen molar-refractivity contribution < 1.29 is 19.0 Å². The lowest BCUT2D eigenvalue weighted by molar-refractivity contribution is -0.144. The van der Waals surface area contributed by atoms with Crippen molar-refractivity contribution in [3.63, 3.8) is 0 Å². The van der Waals surface area contributed by atoms with Crippen LogP contribution in [0.2, 0.25) is 5.02 Å². The Kier molecular flexibility index (Phi) is 6.94. The minimum atomic E-state index is -1.01. The van der Waals surface area contributed by atoms with E-state index in [2.05, 4.69) is 29.6 Å². The Morgan fingerprint density at radius 2 is 1.78 bits per heavy atom. The third kappa shape index (κ3) is 4.81. The maximum absolute atomic E-state index is 13.2. The van der Waals surface area contributed by atoms with Gasteiger partial charge in [0.25, 0.3) is 0 Å². The first-order chi connectivity index (χ1) is 17.4. The summed E-state index contributed by atoms with van der Waals surface area (Å²) in [5.41, 5.74) is 2.47. The first kappa shape index (κ1) is 24.6. The van der Waals surface area contributed by atoms with E-state index in [1.165, 1.54) is 23.3 Å². The van der Waals surface area contributed by atoms with Crippen molar-refractivity contribution in [2.75, 3.05) is 11.9 Å². The molecular weight excluding hydrogens is 477 g/mol. The molecule has 0 aliphatic heterocycles. The predicted octanol–water partition coefficient (Wildman–Crippen LogP) is 7.26. The number of carboxylic acid groups (broad SMARTS) is 1. The van der Waals surface area contributed by atoms with E-state index in [9.17, 15) is 14.3 Å². The zero-order valence-corrected chi connectivity index (χ0v) is 20.9. The molecule has 2 N–H and O–H groups in total. The lowest BCUT2D eigenvalue weighted by Gasteiger charge is -2.47. The number of halogens is 2. The molecule has 4 nitrogen and oxygen atoms in total. The highest BCUT2D eigenvalue weighted by Crippen LogP contribution is 2.55. The first-order valence-electron chi connectivity index (χ1n) is 12.6. The zero-order chi connectivity index (χ0) is 25.2. The number of ether oxygens (including phenoxy) is 1. The number of nitrogens with one attached hydrogen (secondary N) is 1. The van der Waals surface area contributed by atoms with E-state index in [1.807, 2.05) is 12.1 Å². The summed E-state index contributed by atoms with van der Waals surface area (Å²) in [6.45, 7) is 0.573. The quantitative estimate of drug-likeness (QED) is 0.315. The highest BCUT2D eigenvalue weighted by molar-refractivity contribution is 6.30. The summed E-state index contributed by atoms with van der Waals surface area (Å²) in [7, 11) is 0. The average Bonchev–Trinajstić information content (AvgIpc) is 3.17. The van der Waals surface area contributed by atoms with Crippen LogP contribution in [0.3, 0.4) is 0 Å². The molecule has 1 saturated carbocycles. The molecule has 36 heavy (non-hydrogen) atoms. The Labute approximate surface area is 216 Å². The van der Waals surface area contributed by atoms with Gasteiger partial charge in [-0.3, -0.25) is 0 Å². The third-order valence-electron chi connectivity index (χ3n) is 8.19. The lowest BCUT2D eigenvalue weighted by atomic mass is 9.60. The van der Waals surface area contributed by atoms with Crippen molar-refractivity contribution in [1.29, 1.82) is 0 Å². The van der Waals surface area contributed by atoms with Crippen LogP contribution in [0.1, 0.15) is 49.7 Å². The zero-order valence-electron chi connectivity index (χ0n) is 20.2. The Balaban J connectivity index is 1.30. The lowest BCUT2D eigenvalue weighted by Crippen LogP contribution is -2.53. The second-order valence-electron chi connectivity index (χ2n) is 10.2. The molecule has 0 bridgehead atoms. The number of benzene rings is 3. The standard InChI is InChI=1S/C30H31ClFNO3/c31-23-7-3-8-25(20-23)33-30(28(34)35)16-14-29(15-17-30)22(19-21-5-1-2-9-27(21)29)6-4-18-36-26-12-10-24(32)11-13-26/h1-3,5,7-13,20,22,33H,4,6,14-19H2,(H,34,35). The summed E-state index contributed by atoms with van der Waals surface area (Å²) in [5, 5.41) is 14.2. The van der Waals surface area contributed by atoms with Gasteiger partial charge in [0.2, 0.25) is 0 Å². The van der Waals surface area contributed by atoms with Crippen LogP contribution in [-0.2, 0) is 16.6 Å². The highest BCUT2D eigenvalue weighted by Gasteiger charge is 2.53. The minimum Gasteiger partial charge on any atom is -0.494 e. The Bertz CT molecular complexity index is 1220. The van der Waals surface area contributed by atoms with Gasteiger partial charge in [0.05, 0.1) is 6.61 Å². The molecule has 1 spiro atoms. The van der Waals surface area contributed by atoms with Crippen LogP contribution in [0, 0.1) is 11.7 Å². The molecule has 0 aromatic heterocycles. The van der Waals surface area contributed by atoms with Gasteiger partial charge < -0.3 is 15.2 Å². The molecule has 3 aromatic rings. The summed E-state index contributed by atoms with van der Waals surface area (Å²) >= 11 is 6.15. The van der Waals surface area contributed by atoms with Crippen molar-refractivity contribution in [1.82, 2.24) is 0 Å². The fraction of sp³-hybridized carbons (Fsp3) is 0.367. The monoisotopic (exact) mass is 507 g/mol. The van der Waals surface area contributed by atoms with Crippen LogP contribution in [0.5, 0.6) is 5.75 Å². The molecule has 2 aliphatic carbocycles. The molecule has 1 unspecified atom stereocenters. The fourth-order valence-electron chi connectivity index (χ4n) is 6.33. The van der Waals surface area contributed by atoms with E-state index in [1.54, 1.807) is 24.3 Å². The maximum Gasteiger partial charge on any atom is 0.329 e. The number of anilines is 1. The van der Waals surface area contributed by atoms with Crippen molar-refractivity contribution >= 4 is 23.3 Å². The molecule has 3 aromatic carbocycles. The SMILES string of the molecule is O=C(O)C1(Nc2cccc(Cl)c2)CCC2(CC1)c1ccccc1CC2CCCOc1ccc(F)cc1. The fourth-order valence-corrected chi connectivity index (χ4v) is 6.52. The largest absolute Gasteiger partial charge is 0.494 e. The summed E-state index contributed by atoms with van der Waals surface area (Å²) in [4.78, 5) is 12.5. The van der Waals surface area contributed by atoms with Crippen molar-refractivity contribution in [3.05, 3.63) is 94.8 Å². The Hall–Kier alpha value is -3.05. The van der Waals surface area contributed by atoms with Crippen molar-refractivity contribution in [2.45, 2.75) is 55.9 Å². The predicted molar refractivity (Wildman–Crippen MR) is 140 cm³/mol. The van der Waals surface area contributed by atoms with E-state index >= 15 is 0 Å². The second kappa shape index (κ2) is 10.1. The van der Waals surface area contributed by atoms with Crippen LogP contribution in [0.25, 0.3) is 0 Å². The smallest absolute Gasteiger partial charge is 0.329 e. The molecule has 0 heterocycles. The number of rotatable bonds is 8. The van der Waals surface area contributed by atoms with Gasteiger partial charge in [0, 0.05) is 10.7 Å². The molecule has 6 heteroatoms. The number of carboxylic acids is 1. The first-order valence-corrected chi connectivity index (χ1v) is 13.0. The molecule has 5 rings (SSSR count). The molecule has 1 fully saturated rings. The summed E-state index contributed by atoms with van der Waals surface area (Å²) in [6.07, 6.45) is 5.62.